The van der Waals surface area contributed by atoms with Crippen LogP contribution in [0.1, 0.15) is 21.7 Å². The van der Waals surface area contributed by atoms with Crippen LogP contribution in [0, 0.1) is 0 Å². The van der Waals surface area contributed by atoms with E-state index in [0.29, 0.717) is 18.0 Å². The van der Waals surface area contributed by atoms with Crippen LogP contribution >= 0.6 is 12.2 Å². The van der Waals surface area contributed by atoms with Crippen molar-refractivity contribution in [2.75, 3.05) is 5.32 Å². The van der Waals surface area contributed by atoms with Crippen LogP contribution in [-0.4, -0.2) is 11.0 Å². The van der Waals surface area contributed by atoms with Crippen LogP contribution < -0.4 is 15.4 Å². The molecule has 4 aromatic rings. The molecule has 4 rings (SSSR count). The third kappa shape index (κ3) is 6.27. The molecular weight excluding hydrogens is 477 g/mol. The maximum absolute atomic E-state index is 13.1. The highest BCUT2D eigenvalue weighted by atomic mass is 32.1. The first-order valence-electron chi connectivity index (χ1n) is 10.4. The monoisotopic (exact) mass is 496 g/mol. The molecule has 0 fully saturated rings. The number of hydrogen-bond acceptors (Lipinski definition) is 4. The molecule has 0 spiro atoms. The number of halogens is 3. The van der Waals surface area contributed by atoms with E-state index in [1.807, 2.05) is 30.3 Å². The largest absolute Gasteiger partial charge is 0.489 e. The minimum absolute atomic E-state index is 0.0124. The number of amides is 1. The molecule has 2 N–H and O–H groups in total. The Bertz CT molecular complexity index is 1340. The Morgan fingerprint density at radius 1 is 0.943 bits per heavy atom. The quantitative estimate of drug-likeness (QED) is 0.292. The molecule has 0 radical (unpaired) electrons. The highest BCUT2D eigenvalue weighted by Gasteiger charge is 2.31. The molecule has 0 atom stereocenters. The smallest absolute Gasteiger partial charge is 0.416 e. The highest BCUT2D eigenvalue weighted by molar-refractivity contribution is 7.80. The van der Waals surface area contributed by atoms with Gasteiger partial charge < -0.3 is 14.5 Å². The zero-order chi connectivity index (χ0) is 24.8. The number of nitrogens with one attached hydrogen (secondary N) is 2. The predicted octanol–water partition coefficient (Wildman–Crippen LogP) is 6.67. The third-order valence-corrected chi connectivity index (χ3v) is 5.14. The Labute approximate surface area is 204 Å². The van der Waals surface area contributed by atoms with E-state index in [1.54, 1.807) is 24.3 Å². The molecule has 0 bridgehead atoms. The molecule has 1 aromatic heterocycles. The molecule has 5 nitrogen and oxygen atoms in total. The summed E-state index contributed by atoms with van der Waals surface area (Å²) in [5, 5.41) is 5.37. The first-order valence-corrected chi connectivity index (χ1v) is 10.8. The van der Waals surface area contributed by atoms with Crippen molar-refractivity contribution in [2.24, 2.45) is 0 Å². The van der Waals surface area contributed by atoms with Crippen molar-refractivity contribution in [1.82, 2.24) is 5.32 Å². The molecule has 0 saturated carbocycles. The molecule has 0 aliphatic rings. The zero-order valence-electron chi connectivity index (χ0n) is 18.1. The molecule has 35 heavy (non-hydrogen) atoms. The summed E-state index contributed by atoms with van der Waals surface area (Å²) in [5.41, 5.74) is 1.18. The standard InChI is InChI=1S/C26H19F3N2O3S/c27-26(28,29)19-9-4-8-18(14-19)22-12-13-33-23(22)24(32)31-25(35)30-20-10-5-11-21(15-20)34-16-17-6-2-1-3-7-17/h1-15H,16H2,(H2,30,31,32,35). The zero-order valence-corrected chi connectivity index (χ0v) is 19.0. The predicted molar refractivity (Wildman–Crippen MR) is 130 cm³/mol. The highest BCUT2D eigenvalue weighted by Crippen LogP contribution is 2.33. The Kier molecular flexibility index (Phi) is 7.17. The summed E-state index contributed by atoms with van der Waals surface area (Å²) in [6.45, 7) is 0.391. The normalized spacial score (nSPS) is 11.1. The van der Waals surface area contributed by atoms with Gasteiger partial charge in [-0.2, -0.15) is 13.2 Å². The van der Waals surface area contributed by atoms with Crippen LogP contribution in [0.3, 0.4) is 0 Å². The molecule has 0 aliphatic carbocycles. The third-order valence-electron chi connectivity index (χ3n) is 4.94. The number of alkyl halides is 3. The lowest BCUT2D eigenvalue weighted by Gasteiger charge is -2.12. The van der Waals surface area contributed by atoms with Crippen LogP contribution in [-0.2, 0) is 12.8 Å². The molecule has 0 saturated heterocycles. The molecule has 0 aliphatic heterocycles. The van der Waals surface area contributed by atoms with E-state index in [0.717, 1.165) is 17.7 Å². The van der Waals surface area contributed by atoms with Crippen molar-refractivity contribution >= 4 is 28.9 Å². The lowest BCUT2D eigenvalue weighted by atomic mass is 10.0. The number of carbonyl (C=O) groups excluding carboxylic acids is 1. The van der Waals surface area contributed by atoms with Gasteiger partial charge in [-0.1, -0.05) is 48.5 Å². The van der Waals surface area contributed by atoms with Crippen molar-refractivity contribution in [3.05, 3.63) is 108 Å². The maximum atomic E-state index is 13.1. The number of rotatable bonds is 6. The summed E-state index contributed by atoms with van der Waals surface area (Å²) in [5.74, 6) is -0.254. The second-order valence-electron chi connectivity index (χ2n) is 7.45. The molecule has 3 aromatic carbocycles. The number of carbonyl (C=O) groups is 1. The van der Waals surface area contributed by atoms with Gasteiger partial charge >= 0.3 is 6.18 Å². The van der Waals surface area contributed by atoms with E-state index in [-0.39, 0.29) is 22.0 Å². The van der Waals surface area contributed by atoms with Gasteiger partial charge in [-0.3, -0.25) is 10.1 Å². The van der Waals surface area contributed by atoms with E-state index >= 15 is 0 Å². The van der Waals surface area contributed by atoms with E-state index in [1.165, 1.54) is 24.5 Å². The Hall–Kier alpha value is -4.11. The van der Waals surface area contributed by atoms with Gasteiger partial charge in [0.1, 0.15) is 12.4 Å². The summed E-state index contributed by atoms with van der Waals surface area (Å²) in [6, 6.07) is 22.8. The topological polar surface area (TPSA) is 63.5 Å². The number of thiocarbonyl (C=S) groups is 1. The fourth-order valence-electron chi connectivity index (χ4n) is 3.30. The van der Waals surface area contributed by atoms with Gasteiger partial charge in [0.15, 0.2) is 10.9 Å². The fraction of sp³-hybridized carbons (Fsp3) is 0.0769. The lowest BCUT2D eigenvalue weighted by Crippen LogP contribution is -2.34. The molecule has 1 heterocycles. The van der Waals surface area contributed by atoms with Crippen molar-refractivity contribution in [1.29, 1.82) is 0 Å². The van der Waals surface area contributed by atoms with Gasteiger partial charge in [-0.15, -0.1) is 0 Å². The average molecular weight is 497 g/mol. The molecule has 9 heteroatoms. The lowest BCUT2D eigenvalue weighted by molar-refractivity contribution is -0.137. The molecule has 1 amide bonds. The number of benzene rings is 3. The molecular formula is C26H19F3N2O3S. The van der Waals surface area contributed by atoms with Crippen LogP contribution in [0.15, 0.2) is 95.6 Å². The van der Waals surface area contributed by atoms with Crippen LogP contribution in [0.5, 0.6) is 5.75 Å². The summed E-state index contributed by atoms with van der Waals surface area (Å²) < 4.78 is 50.3. The second-order valence-corrected chi connectivity index (χ2v) is 7.86. The molecule has 0 unspecified atom stereocenters. The van der Waals surface area contributed by atoms with Gasteiger partial charge in [-0.05, 0) is 53.7 Å². The Balaban J connectivity index is 1.40. The van der Waals surface area contributed by atoms with Gasteiger partial charge in [0.2, 0.25) is 0 Å². The number of ether oxygens (including phenoxy) is 1. The molecule has 178 valence electrons. The Morgan fingerprint density at radius 2 is 1.71 bits per heavy atom. The number of anilines is 1. The van der Waals surface area contributed by atoms with Crippen molar-refractivity contribution in [2.45, 2.75) is 12.8 Å². The van der Waals surface area contributed by atoms with Crippen molar-refractivity contribution in [3.8, 4) is 16.9 Å². The minimum atomic E-state index is -4.51. The van der Waals surface area contributed by atoms with E-state index in [2.05, 4.69) is 10.6 Å². The van der Waals surface area contributed by atoms with E-state index < -0.39 is 17.6 Å². The van der Waals surface area contributed by atoms with Gasteiger partial charge in [0.05, 0.1) is 11.8 Å². The van der Waals surface area contributed by atoms with Gasteiger partial charge in [0, 0.05) is 17.3 Å². The maximum Gasteiger partial charge on any atom is 0.416 e. The summed E-state index contributed by atoms with van der Waals surface area (Å²) in [6.07, 6.45) is -3.28. The van der Waals surface area contributed by atoms with Crippen molar-refractivity contribution < 1.29 is 27.1 Å². The summed E-state index contributed by atoms with van der Waals surface area (Å²) in [4.78, 5) is 12.7. The van der Waals surface area contributed by atoms with Crippen LogP contribution in [0.25, 0.3) is 11.1 Å². The van der Waals surface area contributed by atoms with E-state index in [4.69, 9.17) is 21.4 Å². The van der Waals surface area contributed by atoms with Gasteiger partial charge in [0.25, 0.3) is 5.91 Å². The number of furan rings is 1. The summed E-state index contributed by atoms with van der Waals surface area (Å²) >= 11 is 5.23. The first kappa shape index (κ1) is 24.0. The van der Waals surface area contributed by atoms with E-state index in [9.17, 15) is 18.0 Å². The van der Waals surface area contributed by atoms with Crippen LogP contribution in [0.4, 0.5) is 18.9 Å². The SMILES string of the molecule is O=C(NC(=S)Nc1cccc(OCc2ccccc2)c1)c1occc1-c1cccc(C(F)(F)F)c1. The number of hydrogen-bond donors (Lipinski definition) is 2. The Morgan fingerprint density at radius 3 is 2.49 bits per heavy atom. The fourth-order valence-corrected chi connectivity index (χ4v) is 3.51. The first-order chi connectivity index (χ1) is 16.8. The van der Waals surface area contributed by atoms with Crippen LogP contribution in [0.2, 0.25) is 0 Å². The second kappa shape index (κ2) is 10.4. The minimum Gasteiger partial charge on any atom is -0.489 e. The van der Waals surface area contributed by atoms with Crippen molar-refractivity contribution in [3.63, 3.8) is 0 Å². The summed E-state index contributed by atoms with van der Waals surface area (Å²) in [7, 11) is 0. The van der Waals surface area contributed by atoms with Gasteiger partial charge in [-0.25, -0.2) is 0 Å². The average Bonchev–Trinajstić information content (AvgIpc) is 3.33.